The fourth-order valence-corrected chi connectivity index (χ4v) is 2.36. The zero-order valence-electron chi connectivity index (χ0n) is 11.9. The van der Waals surface area contributed by atoms with E-state index in [2.05, 4.69) is 65.8 Å². The van der Waals surface area contributed by atoms with Crippen LogP contribution in [0.25, 0.3) is 0 Å². The maximum atomic E-state index is 4.42. The van der Waals surface area contributed by atoms with Gasteiger partial charge in [-0.2, -0.15) is 0 Å². The van der Waals surface area contributed by atoms with Gasteiger partial charge in [0.2, 0.25) is 0 Å². The monoisotopic (exact) mass is 318 g/mol. The average Bonchev–Trinajstić information content (AvgIpc) is 2.36. The quantitative estimate of drug-likeness (QED) is 0.833. The second-order valence-corrected chi connectivity index (χ2v) is 5.97. The van der Waals surface area contributed by atoms with Crippen LogP contribution in [0, 0.1) is 20.8 Å². The molecule has 0 atom stereocenters. The molecule has 0 amide bonds. The molecule has 0 aliphatic carbocycles. The van der Waals surface area contributed by atoms with E-state index in [0.29, 0.717) is 0 Å². The van der Waals surface area contributed by atoms with Gasteiger partial charge in [0.1, 0.15) is 5.82 Å². The van der Waals surface area contributed by atoms with Gasteiger partial charge in [-0.15, -0.1) is 0 Å². The zero-order valence-corrected chi connectivity index (χ0v) is 13.5. The summed E-state index contributed by atoms with van der Waals surface area (Å²) in [6.07, 6.45) is 1.83. The summed E-state index contributed by atoms with van der Waals surface area (Å²) in [6, 6.07) is 8.58. The molecule has 0 N–H and O–H groups in total. The van der Waals surface area contributed by atoms with Crippen molar-refractivity contribution in [3.8, 4) is 0 Å². The summed E-state index contributed by atoms with van der Waals surface area (Å²) in [5, 5.41) is 0. The second-order valence-electron chi connectivity index (χ2n) is 5.05. The van der Waals surface area contributed by atoms with Crippen molar-refractivity contribution in [3.63, 3.8) is 0 Å². The number of nitrogens with zero attached hydrogens (tertiary/aromatic N) is 2. The van der Waals surface area contributed by atoms with E-state index in [4.69, 9.17) is 0 Å². The lowest BCUT2D eigenvalue weighted by Gasteiger charge is -2.20. The summed E-state index contributed by atoms with van der Waals surface area (Å²) in [4.78, 5) is 6.59. The minimum absolute atomic E-state index is 0.877. The molecule has 1 aromatic carbocycles. The number of halogens is 1. The minimum Gasteiger partial charge on any atom is -0.355 e. The lowest BCUT2D eigenvalue weighted by atomic mass is 10.0. The molecule has 0 bridgehead atoms. The molecular formula is C16H19BrN2. The van der Waals surface area contributed by atoms with Gasteiger partial charge >= 0.3 is 0 Å². The van der Waals surface area contributed by atoms with Crippen molar-refractivity contribution in [2.24, 2.45) is 0 Å². The zero-order chi connectivity index (χ0) is 14.0. The highest BCUT2D eigenvalue weighted by molar-refractivity contribution is 9.10. The first-order chi connectivity index (χ1) is 8.97. The molecule has 0 saturated heterocycles. The predicted molar refractivity (Wildman–Crippen MR) is 84.7 cm³/mol. The van der Waals surface area contributed by atoms with Crippen molar-refractivity contribution in [1.29, 1.82) is 0 Å². The minimum atomic E-state index is 0.877. The molecule has 0 radical (unpaired) electrons. The Balaban J connectivity index is 2.21. The van der Waals surface area contributed by atoms with Crippen molar-refractivity contribution in [1.82, 2.24) is 4.98 Å². The Labute approximate surface area is 123 Å². The highest BCUT2D eigenvalue weighted by Gasteiger charge is 2.07. The number of hydrogen-bond acceptors (Lipinski definition) is 2. The lowest BCUT2D eigenvalue weighted by molar-refractivity contribution is 0.887. The third-order valence-corrected chi connectivity index (χ3v) is 3.93. The summed E-state index contributed by atoms with van der Waals surface area (Å²) in [7, 11) is 2.07. The highest BCUT2D eigenvalue weighted by Crippen LogP contribution is 2.20. The van der Waals surface area contributed by atoms with Crippen molar-refractivity contribution in [2.75, 3.05) is 11.9 Å². The van der Waals surface area contributed by atoms with Gasteiger partial charge in [0.15, 0.2) is 0 Å². The van der Waals surface area contributed by atoms with E-state index in [0.717, 1.165) is 16.8 Å². The first-order valence-corrected chi connectivity index (χ1v) is 7.16. The Morgan fingerprint density at radius 3 is 2.37 bits per heavy atom. The van der Waals surface area contributed by atoms with E-state index < -0.39 is 0 Å². The van der Waals surface area contributed by atoms with Crippen LogP contribution in [0.3, 0.4) is 0 Å². The van der Waals surface area contributed by atoms with Crippen LogP contribution in [0.4, 0.5) is 5.82 Å². The van der Waals surface area contributed by atoms with Crippen molar-refractivity contribution in [3.05, 3.63) is 57.2 Å². The summed E-state index contributed by atoms with van der Waals surface area (Å²) in [5.74, 6) is 0.987. The molecule has 3 heteroatoms. The molecule has 1 aromatic heterocycles. The van der Waals surface area contributed by atoms with Gasteiger partial charge in [0.05, 0.1) is 0 Å². The van der Waals surface area contributed by atoms with Crippen LogP contribution < -0.4 is 4.90 Å². The van der Waals surface area contributed by atoms with Crippen LogP contribution in [0.5, 0.6) is 0 Å². The normalized spacial score (nSPS) is 10.6. The third kappa shape index (κ3) is 3.35. The maximum Gasteiger partial charge on any atom is 0.128 e. The largest absolute Gasteiger partial charge is 0.355 e. The van der Waals surface area contributed by atoms with Gasteiger partial charge in [-0.25, -0.2) is 4.98 Å². The molecular weight excluding hydrogens is 300 g/mol. The molecule has 0 aliphatic heterocycles. The number of rotatable bonds is 3. The van der Waals surface area contributed by atoms with Crippen molar-refractivity contribution in [2.45, 2.75) is 27.3 Å². The van der Waals surface area contributed by atoms with Crippen molar-refractivity contribution >= 4 is 21.7 Å². The molecule has 1 heterocycles. The summed E-state index contributed by atoms with van der Waals surface area (Å²) in [6.45, 7) is 7.37. The summed E-state index contributed by atoms with van der Waals surface area (Å²) < 4.78 is 1.01. The Morgan fingerprint density at radius 2 is 1.74 bits per heavy atom. The van der Waals surface area contributed by atoms with Gasteiger partial charge < -0.3 is 4.90 Å². The summed E-state index contributed by atoms with van der Waals surface area (Å²) >= 11 is 3.41. The van der Waals surface area contributed by atoms with Gasteiger partial charge in [-0.3, -0.25) is 0 Å². The Hall–Kier alpha value is -1.35. The number of aryl methyl sites for hydroxylation is 3. The number of aromatic nitrogens is 1. The number of pyridine rings is 1. The smallest absolute Gasteiger partial charge is 0.128 e. The molecule has 0 aliphatic rings. The fourth-order valence-electron chi connectivity index (χ4n) is 2.12. The van der Waals surface area contributed by atoms with Crippen LogP contribution in [-0.4, -0.2) is 12.0 Å². The van der Waals surface area contributed by atoms with Crippen LogP contribution in [-0.2, 0) is 6.54 Å². The van der Waals surface area contributed by atoms with Crippen LogP contribution >= 0.6 is 15.9 Å². The Morgan fingerprint density at radius 1 is 1.05 bits per heavy atom. The molecule has 2 rings (SSSR count). The summed E-state index contributed by atoms with van der Waals surface area (Å²) in [5.41, 5.74) is 5.39. The second kappa shape index (κ2) is 5.74. The van der Waals surface area contributed by atoms with Gasteiger partial charge in [-0.05, 0) is 71.1 Å². The molecule has 100 valence electrons. The third-order valence-electron chi connectivity index (χ3n) is 3.46. The van der Waals surface area contributed by atoms with Crippen LogP contribution in [0.2, 0.25) is 0 Å². The first-order valence-electron chi connectivity index (χ1n) is 6.37. The van der Waals surface area contributed by atoms with Crippen molar-refractivity contribution < 1.29 is 0 Å². The highest BCUT2D eigenvalue weighted by atomic mass is 79.9. The van der Waals surface area contributed by atoms with E-state index in [-0.39, 0.29) is 0 Å². The fraction of sp³-hybridized carbons (Fsp3) is 0.312. The van der Waals surface area contributed by atoms with E-state index in [1.165, 1.54) is 22.3 Å². The van der Waals surface area contributed by atoms with E-state index in [1.54, 1.807) is 0 Å². The maximum absolute atomic E-state index is 4.42. The topological polar surface area (TPSA) is 16.1 Å². The number of anilines is 1. The van der Waals surface area contributed by atoms with E-state index in [9.17, 15) is 0 Å². The Kier molecular flexibility index (Phi) is 4.25. The molecule has 2 aromatic rings. The molecule has 0 spiro atoms. The first kappa shape index (κ1) is 14.1. The lowest BCUT2D eigenvalue weighted by Crippen LogP contribution is -2.18. The number of benzene rings is 1. The van der Waals surface area contributed by atoms with Gasteiger partial charge in [0, 0.05) is 24.3 Å². The SMILES string of the molecule is Cc1cc(C)c(CN(C)c2ccc(Br)cn2)cc1C. The number of hydrogen-bond donors (Lipinski definition) is 0. The predicted octanol–water partition coefficient (Wildman–Crippen LogP) is 4.41. The van der Waals surface area contributed by atoms with Gasteiger partial charge in [0.25, 0.3) is 0 Å². The molecule has 0 fully saturated rings. The average molecular weight is 319 g/mol. The van der Waals surface area contributed by atoms with Crippen LogP contribution in [0.1, 0.15) is 22.3 Å². The molecule has 0 unspecified atom stereocenters. The van der Waals surface area contributed by atoms with E-state index in [1.807, 2.05) is 18.3 Å². The van der Waals surface area contributed by atoms with Crippen LogP contribution in [0.15, 0.2) is 34.9 Å². The van der Waals surface area contributed by atoms with E-state index >= 15 is 0 Å². The molecule has 0 saturated carbocycles. The Bertz CT molecular complexity index is 576. The molecule has 2 nitrogen and oxygen atoms in total. The standard InChI is InChI=1S/C16H19BrN2/c1-11-7-13(3)14(8-12(11)2)10-19(4)16-6-5-15(17)9-18-16/h5-9H,10H2,1-4H3. The molecule has 19 heavy (non-hydrogen) atoms. The van der Waals surface area contributed by atoms with Gasteiger partial charge in [-0.1, -0.05) is 12.1 Å².